The summed E-state index contributed by atoms with van der Waals surface area (Å²) in [4.78, 5) is 23.4. The summed E-state index contributed by atoms with van der Waals surface area (Å²) in [5.74, 6) is 1.66. The first kappa shape index (κ1) is 26.7. The number of nitrogens with zero attached hydrogens (tertiary/aromatic N) is 6. The van der Waals surface area contributed by atoms with Gasteiger partial charge in [0, 0.05) is 65.5 Å². The summed E-state index contributed by atoms with van der Waals surface area (Å²) in [6, 6.07) is 23.8. The Hall–Kier alpha value is -4.47. The molecule has 3 aromatic carbocycles. The van der Waals surface area contributed by atoms with Crippen LogP contribution in [0.5, 0.6) is 0 Å². The van der Waals surface area contributed by atoms with Gasteiger partial charge >= 0.3 is 0 Å². The first-order valence-electron chi connectivity index (χ1n) is 13.8. The van der Waals surface area contributed by atoms with Gasteiger partial charge in [0.2, 0.25) is 17.8 Å². The third-order valence-corrected chi connectivity index (χ3v) is 7.48. The summed E-state index contributed by atoms with van der Waals surface area (Å²) in [5, 5.41) is 11.9. The van der Waals surface area contributed by atoms with Crippen LogP contribution in [0, 0.1) is 6.92 Å². The lowest BCUT2D eigenvalue weighted by Crippen LogP contribution is -2.46. The predicted octanol–water partition coefficient (Wildman–Crippen LogP) is 6.75. The van der Waals surface area contributed by atoms with E-state index in [1.54, 1.807) is 6.20 Å². The molecule has 0 atom stereocenters. The largest absolute Gasteiger partial charge is 0.355 e. The number of aryl methyl sites for hydroxylation is 1. The Kier molecular flexibility index (Phi) is 7.80. The van der Waals surface area contributed by atoms with Crippen LogP contribution < -0.4 is 20.9 Å². The first-order chi connectivity index (χ1) is 20.0. The van der Waals surface area contributed by atoms with Crippen molar-refractivity contribution in [2.24, 2.45) is 0 Å². The quantitative estimate of drug-likeness (QED) is 0.189. The Morgan fingerprint density at radius 2 is 1.46 bits per heavy atom. The fourth-order valence-electron chi connectivity index (χ4n) is 4.87. The highest BCUT2D eigenvalue weighted by atomic mass is 35.5. The number of hydrogen-bond donors (Lipinski definition) is 3. The van der Waals surface area contributed by atoms with Crippen molar-refractivity contribution in [2.75, 3.05) is 53.6 Å². The monoisotopic (exact) mass is 565 g/mol. The normalized spacial score (nSPS) is 13.8. The summed E-state index contributed by atoms with van der Waals surface area (Å²) < 4.78 is 0. The number of likely N-dealkylation sites (N-methyl/N-ethyl adjacent to an activating group) is 1. The smallest absolute Gasteiger partial charge is 0.233 e. The van der Waals surface area contributed by atoms with Gasteiger partial charge in [-0.25, -0.2) is 0 Å². The van der Waals surface area contributed by atoms with Crippen molar-refractivity contribution in [3.05, 3.63) is 89.6 Å². The third kappa shape index (κ3) is 6.32. The van der Waals surface area contributed by atoms with E-state index in [0.29, 0.717) is 22.9 Å². The van der Waals surface area contributed by atoms with E-state index >= 15 is 0 Å². The van der Waals surface area contributed by atoms with Gasteiger partial charge in [0.25, 0.3) is 0 Å². The first-order valence-corrected chi connectivity index (χ1v) is 14.2. The Bertz CT molecular complexity index is 1650. The highest BCUT2D eigenvalue weighted by molar-refractivity contribution is 6.31. The molecule has 0 radical (unpaired) electrons. The molecular weight excluding hydrogens is 534 g/mol. The summed E-state index contributed by atoms with van der Waals surface area (Å²) >= 11 is 6.15. The van der Waals surface area contributed by atoms with Crippen LogP contribution in [0.3, 0.4) is 0 Å². The zero-order chi connectivity index (χ0) is 28.2. The van der Waals surface area contributed by atoms with E-state index in [2.05, 4.69) is 50.6 Å². The molecular formula is C31H32ClN9. The molecule has 0 spiro atoms. The molecule has 0 saturated carbocycles. The van der Waals surface area contributed by atoms with E-state index < -0.39 is 0 Å². The van der Waals surface area contributed by atoms with Crippen molar-refractivity contribution in [1.29, 1.82) is 0 Å². The Labute approximate surface area is 244 Å². The Morgan fingerprint density at radius 1 is 0.756 bits per heavy atom. The number of nitrogens with one attached hydrogen (secondary N) is 3. The average Bonchev–Trinajstić information content (AvgIpc) is 2.99. The maximum atomic E-state index is 6.15. The number of para-hydroxylation sites is 1. The van der Waals surface area contributed by atoms with Crippen molar-refractivity contribution < 1.29 is 0 Å². The highest BCUT2D eigenvalue weighted by Gasteiger charge is 2.20. The van der Waals surface area contributed by atoms with E-state index in [0.717, 1.165) is 71.9 Å². The molecule has 1 aliphatic heterocycles. The molecule has 6 rings (SSSR count). The van der Waals surface area contributed by atoms with Gasteiger partial charge in [-0.2, -0.15) is 15.0 Å². The predicted molar refractivity (Wildman–Crippen MR) is 168 cm³/mol. The third-order valence-electron chi connectivity index (χ3n) is 7.24. The molecule has 208 valence electrons. The molecule has 0 bridgehead atoms. The molecule has 10 heteroatoms. The van der Waals surface area contributed by atoms with Crippen LogP contribution in [0.4, 0.5) is 40.6 Å². The fourth-order valence-corrected chi connectivity index (χ4v) is 5.03. The minimum absolute atomic E-state index is 0.488. The number of rotatable bonds is 8. The van der Waals surface area contributed by atoms with Gasteiger partial charge in [0.15, 0.2) is 0 Å². The number of anilines is 7. The highest BCUT2D eigenvalue weighted by Crippen LogP contribution is 2.28. The van der Waals surface area contributed by atoms with E-state index in [1.165, 1.54) is 0 Å². The molecule has 3 heterocycles. The number of hydrogen-bond acceptors (Lipinski definition) is 9. The molecule has 1 aliphatic rings. The van der Waals surface area contributed by atoms with Crippen LogP contribution in [0.2, 0.25) is 5.02 Å². The summed E-state index contributed by atoms with van der Waals surface area (Å²) in [6.07, 6.45) is 1.78. The van der Waals surface area contributed by atoms with Crippen molar-refractivity contribution in [1.82, 2.24) is 24.8 Å². The average molecular weight is 566 g/mol. The van der Waals surface area contributed by atoms with Gasteiger partial charge < -0.3 is 25.8 Å². The molecule has 0 unspecified atom stereocenters. The van der Waals surface area contributed by atoms with Crippen LogP contribution in [0.15, 0.2) is 79.0 Å². The SMILES string of the molecule is CCN1CCN(c2nc(Nc3ccc(Nc4ccnc5cc(Cl)ccc45)cc3)nc(Nc3ccccc3C)n2)CC1. The number of pyridine rings is 1. The lowest BCUT2D eigenvalue weighted by Gasteiger charge is -2.34. The number of halogens is 1. The number of benzene rings is 3. The lowest BCUT2D eigenvalue weighted by atomic mass is 10.2. The van der Waals surface area contributed by atoms with Gasteiger partial charge in [-0.05, 0) is 73.6 Å². The van der Waals surface area contributed by atoms with Crippen LogP contribution in [-0.4, -0.2) is 57.6 Å². The second kappa shape index (κ2) is 12.0. The fraction of sp³-hybridized carbons (Fsp3) is 0.226. The van der Waals surface area contributed by atoms with Crippen molar-refractivity contribution >= 4 is 63.1 Å². The summed E-state index contributed by atoms with van der Waals surface area (Å²) in [5.41, 5.74) is 5.71. The topological polar surface area (TPSA) is 94.1 Å². The second-order valence-electron chi connectivity index (χ2n) is 9.99. The van der Waals surface area contributed by atoms with Crippen LogP contribution in [0.25, 0.3) is 10.9 Å². The van der Waals surface area contributed by atoms with Crippen molar-refractivity contribution in [3.8, 4) is 0 Å². The lowest BCUT2D eigenvalue weighted by molar-refractivity contribution is 0.270. The standard InChI is InChI=1S/C31H32ClN9/c1-3-40-16-18-41(19-17-40)31-38-29(37-30(39-31)36-26-7-5-4-6-21(26)2)35-24-11-9-23(10-12-24)34-27-14-15-33-28-20-22(32)8-13-25(27)28/h4-15,20H,3,16-19H2,1-2H3,(H,33,34)(H2,35,36,37,38,39). The molecule has 0 amide bonds. The molecule has 0 aliphatic carbocycles. The van der Waals surface area contributed by atoms with Crippen LogP contribution in [-0.2, 0) is 0 Å². The molecule has 9 nitrogen and oxygen atoms in total. The van der Waals surface area contributed by atoms with E-state index in [9.17, 15) is 0 Å². The van der Waals surface area contributed by atoms with E-state index in [4.69, 9.17) is 26.6 Å². The maximum Gasteiger partial charge on any atom is 0.233 e. The van der Waals surface area contributed by atoms with E-state index in [1.807, 2.05) is 66.7 Å². The van der Waals surface area contributed by atoms with Crippen LogP contribution >= 0.6 is 11.6 Å². The molecule has 1 saturated heterocycles. The zero-order valence-electron chi connectivity index (χ0n) is 23.1. The number of piperazine rings is 1. The number of fused-ring (bicyclic) bond motifs is 1. The van der Waals surface area contributed by atoms with Crippen molar-refractivity contribution in [3.63, 3.8) is 0 Å². The molecule has 2 aromatic heterocycles. The minimum Gasteiger partial charge on any atom is -0.355 e. The molecule has 3 N–H and O–H groups in total. The van der Waals surface area contributed by atoms with Crippen LogP contribution in [0.1, 0.15) is 12.5 Å². The van der Waals surface area contributed by atoms with Gasteiger partial charge in [0.1, 0.15) is 0 Å². The summed E-state index contributed by atoms with van der Waals surface area (Å²) in [7, 11) is 0. The minimum atomic E-state index is 0.488. The Morgan fingerprint density at radius 3 is 2.20 bits per heavy atom. The maximum absolute atomic E-state index is 6.15. The van der Waals surface area contributed by atoms with E-state index in [-0.39, 0.29) is 0 Å². The summed E-state index contributed by atoms with van der Waals surface area (Å²) in [6.45, 7) is 9.02. The van der Waals surface area contributed by atoms with Gasteiger partial charge in [-0.15, -0.1) is 0 Å². The van der Waals surface area contributed by atoms with Gasteiger partial charge in [-0.1, -0.05) is 36.7 Å². The second-order valence-corrected chi connectivity index (χ2v) is 10.4. The Balaban J connectivity index is 1.23. The molecule has 1 fully saturated rings. The molecule has 5 aromatic rings. The molecule has 41 heavy (non-hydrogen) atoms. The number of aromatic nitrogens is 4. The van der Waals surface area contributed by atoms with Gasteiger partial charge in [-0.3, -0.25) is 4.98 Å². The van der Waals surface area contributed by atoms with Gasteiger partial charge in [0.05, 0.1) is 5.52 Å². The van der Waals surface area contributed by atoms with Crippen molar-refractivity contribution in [2.45, 2.75) is 13.8 Å². The zero-order valence-corrected chi connectivity index (χ0v) is 23.9.